The summed E-state index contributed by atoms with van der Waals surface area (Å²) in [7, 11) is 0. The highest BCUT2D eigenvalue weighted by Crippen LogP contribution is 2.31. The van der Waals surface area contributed by atoms with Gasteiger partial charge in [-0.25, -0.2) is 4.68 Å². The van der Waals surface area contributed by atoms with Gasteiger partial charge in [0, 0.05) is 49.4 Å². The molecule has 3 atom stereocenters. The second-order valence-electron chi connectivity index (χ2n) is 17.3. The molecule has 17 heteroatoms. The fourth-order valence-electron chi connectivity index (χ4n) is 8.13. The number of benzene rings is 2. The molecule has 3 aromatic rings. The summed E-state index contributed by atoms with van der Waals surface area (Å²) in [5, 5.41) is 19.6. The van der Waals surface area contributed by atoms with E-state index < -0.39 is 30.4 Å². The first kappa shape index (κ1) is 50.2. The topological polar surface area (TPSA) is 220 Å². The second-order valence-corrected chi connectivity index (χ2v) is 17.3. The maximum absolute atomic E-state index is 13.8. The predicted octanol–water partition coefficient (Wildman–Crippen LogP) is 4.08. The van der Waals surface area contributed by atoms with Crippen molar-refractivity contribution in [1.82, 2.24) is 35.8 Å². The molecule has 2 heterocycles. The van der Waals surface area contributed by atoms with Crippen LogP contribution in [0, 0.1) is 30.6 Å². The zero-order chi connectivity index (χ0) is 46.6. The van der Waals surface area contributed by atoms with Crippen LogP contribution in [0.2, 0.25) is 0 Å². The number of hydrogen-bond donors (Lipinski definition) is 4. The van der Waals surface area contributed by atoms with Crippen molar-refractivity contribution in [2.24, 2.45) is 23.7 Å². The minimum atomic E-state index is -0.897. The van der Waals surface area contributed by atoms with Gasteiger partial charge in [0.25, 0.3) is 0 Å². The van der Waals surface area contributed by atoms with Crippen LogP contribution in [0.5, 0.6) is 0 Å². The number of carbonyl (C=O) groups is 7. The van der Waals surface area contributed by atoms with Crippen molar-refractivity contribution in [3.05, 3.63) is 77.6 Å². The monoisotopic (exact) mass is 898 g/mol. The van der Waals surface area contributed by atoms with Crippen molar-refractivity contribution in [3.8, 4) is 0 Å². The zero-order valence-corrected chi connectivity index (χ0v) is 38.1. The van der Waals surface area contributed by atoms with Crippen molar-refractivity contribution < 1.29 is 43.0 Å². The van der Waals surface area contributed by atoms with E-state index in [2.05, 4.69) is 38.5 Å². The summed E-state index contributed by atoms with van der Waals surface area (Å²) >= 11 is 0. The highest BCUT2D eigenvalue weighted by molar-refractivity contribution is 6.03. The maximum atomic E-state index is 13.8. The van der Waals surface area contributed by atoms with E-state index in [0.717, 1.165) is 43.2 Å². The Hall–Kier alpha value is -5.81. The van der Waals surface area contributed by atoms with E-state index in [0.29, 0.717) is 50.3 Å². The SMILES string of the molecule is CCCCCC(CC(=O)C(Cc1ccccc1)NC(=O)COCC(=O)NCCOCCn1cc(CNC(=O)C2CCC(CN3C(=O)CC(C)C3=O)CC2)nn1)C(=O)Nc1ccc(C)cc1. The van der Waals surface area contributed by atoms with Crippen LogP contribution in [0.3, 0.4) is 0 Å². The Kier molecular flexibility index (Phi) is 20.3. The fourth-order valence-corrected chi connectivity index (χ4v) is 8.13. The zero-order valence-electron chi connectivity index (χ0n) is 38.1. The fraction of sp³-hybridized carbons (Fsp3) is 0.562. The first-order valence-corrected chi connectivity index (χ1v) is 23.0. The van der Waals surface area contributed by atoms with E-state index >= 15 is 0 Å². The van der Waals surface area contributed by atoms with E-state index in [1.807, 2.05) is 61.5 Å². The molecule has 3 unspecified atom stereocenters. The summed E-state index contributed by atoms with van der Waals surface area (Å²) in [6.45, 7) is 6.85. The smallest absolute Gasteiger partial charge is 0.246 e. The Morgan fingerprint density at radius 2 is 1.62 bits per heavy atom. The molecule has 2 aliphatic rings. The molecular weight excluding hydrogens is 833 g/mol. The molecule has 0 spiro atoms. The van der Waals surface area contributed by atoms with Gasteiger partial charge in [0.1, 0.15) is 18.9 Å². The van der Waals surface area contributed by atoms with Crippen LogP contribution < -0.4 is 21.3 Å². The van der Waals surface area contributed by atoms with Crippen molar-refractivity contribution in [2.75, 3.05) is 44.8 Å². The average Bonchev–Trinajstić information content (AvgIpc) is 3.85. The van der Waals surface area contributed by atoms with Gasteiger partial charge in [0.2, 0.25) is 35.4 Å². The Labute approximate surface area is 381 Å². The Morgan fingerprint density at radius 3 is 2.32 bits per heavy atom. The highest BCUT2D eigenvalue weighted by atomic mass is 16.5. The highest BCUT2D eigenvalue weighted by Gasteiger charge is 2.38. The molecule has 65 heavy (non-hydrogen) atoms. The molecule has 17 nitrogen and oxygen atoms in total. The number of aromatic nitrogens is 3. The lowest BCUT2D eigenvalue weighted by Crippen LogP contribution is -2.45. The van der Waals surface area contributed by atoms with E-state index in [-0.39, 0.29) is 92.7 Å². The summed E-state index contributed by atoms with van der Waals surface area (Å²) in [5.41, 5.74) is 3.18. The molecule has 1 saturated carbocycles. The number of ketones is 1. The van der Waals surface area contributed by atoms with Gasteiger partial charge in [-0.2, -0.15) is 0 Å². The quantitative estimate of drug-likeness (QED) is 0.0631. The molecule has 2 fully saturated rings. The molecule has 6 amide bonds. The maximum Gasteiger partial charge on any atom is 0.246 e. The molecule has 1 aliphatic heterocycles. The van der Waals surface area contributed by atoms with Gasteiger partial charge in [0.05, 0.1) is 38.5 Å². The lowest BCUT2D eigenvalue weighted by atomic mass is 9.81. The number of rotatable bonds is 27. The standard InChI is InChI=1S/C48H66N8O9/c1-4-5-7-12-38(47(62)51-39-19-13-33(2)14-20-39)27-42(57)41(26-35-10-8-6-9-11-35)52-44(59)32-65-31-43(58)49-21-23-64-24-22-55-30-40(53-54-55)28-50-46(61)37-17-15-36(16-18-37)29-56-45(60)25-34(3)48(56)63/h6,8-11,13-14,19-20,30,34,36-38,41H,4-5,7,12,15-18,21-29,31-32H2,1-3H3,(H,49,58)(H,50,61)(H,51,62)(H,52,59). The van der Waals surface area contributed by atoms with Crippen LogP contribution in [0.15, 0.2) is 60.8 Å². The number of anilines is 1. The molecule has 1 aromatic heterocycles. The molecule has 4 N–H and O–H groups in total. The number of unbranched alkanes of at least 4 members (excludes halogenated alkanes) is 2. The van der Waals surface area contributed by atoms with Gasteiger partial charge in [-0.15, -0.1) is 5.10 Å². The van der Waals surface area contributed by atoms with Crippen molar-refractivity contribution in [3.63, 3.8) is 0 Å². The lowest BCUT2D eigenvalue weighted by Gasteiger charge is -2.30. The minimum Gasteiger partial charge on any atom is -0.378 e. The number of aryl methyl sites for hydroxylation is 1. The summed E-state index contributed by atoms with van der Waals surface area (Å²) in [5.74, 6) is -2.44. The lowest BCUT2D eigenvalue weighted by molar-refractivity contribution is -0.140. The summed E-state index contributed by atoms with van der Waals surface area (Å²) in [4.78, 5) is 91.3. The number of hydrogen-bond acceptors (Lipinski definition) is 11. The Balaban J connectivity index is 0.950. The third-order valence-electron chi connectivity index (χ3n) is 12.0. The van der Waals surface area contributed by atoms with Gasteiger partial charge in [-0.3, -0.25) is 38.5 Å². The van der Waals surface area contributed by atoms with Gasteiger partial charge in [-0.1, -0.05) is 86.4 Å². The van der Waals surface area contributed by atoms with Crippen LogP contribution >= 0.6 is 0 Å². The molecule has 5 rings (SSSR count). The van der Waals surface area contributed by atoms with Gasteiger partial charge in [-0.05, 0) is 69.1 Å². The first-order chi connectivity index (χ1) is 31.4. The van der Waals surface area contributed by atoms with E-state index in [9.17, 15) is 33.6 Å². The molecule has 2 aromatic carbocycles. The molecule has 1 aliphatic carbocycles. The minimum absolute atomic E-state index is 0.0377. The molecular formula is C48H66N8O9. The van der Waals surface area contributed by atoms with Crippen LogP contribution in [-0.4, -0.2) is 107 Å². The van der Waals surface area contributed by atoms with Crippen molar-refractivity contribution in [1.29, 1.82) is 0 Å². The summed E-state index contributed by atoms with van der Waals surface area (Å²) in [6.07, 6.45) is 8.44. The normalized spacial score (nSPS) is 18.2. The number of carbonyl (C=O) groups excluding carboxylic acids is 7. The van der Waals surface area contributed by atoms with Crippen LogP contribution in [0.4, 0.5) is 5.69 Å². The van der Waals surface area contributed by atoms with Crippen LogP contribution in [-0.2, 0) is 62.5 Å². The van der Waals surface area contributed by atoms with Gasteiger partial charge >= 0.3 is 0 Å². The molecule has 0 radical (unpaired) electrons. The van der Waals surface area contributed by atoms with E-state index in [4.69, 9.17) is 9.47 Å². The van der Waals surface area contributed by atoms with E-state index in [1.54, 1.807) is 17.8 Å². The third-order valence-corrected chi connectivity index (χ3v) is 12.0. The van der Waals surface area contributed by atoms with Crippen molar-refractivity contribution >= 4 is 46.9 Å². The number of nitrogens with one attached hydrogen (secondary N) is 4. The largest absolute Gasteiger partial charge is 0.378 e. The predicted molar refractivity (Wildman–Crippen MR) is 242 cm³/mol. The number of likely N-dealkylation sites (tertiary alicyclic amines) is 1. The third kappa shape index (κ3) is 16.9. The van der Waals surface area contributed by atoms with Crippen LogP contribution in [0.1, 0.15) is 94.9 Å². The van der Waals surface area contributed by atoms with Crippen LogP contribution in [0.25, 0.3) is 0 Å². The number of amides is 6. The number of imide groups is 1. The Morgan fingerprint density at radius 1 is 0.877 bits per heavy atom. The Bertz CT molecular complexity index is 2030. The first-order valence-electron chi connectivity index (χ1n) is 23.0. The molecule has 352 valence electrons. The van der Waals surface area contributed by atoms with Crippen molar-refractivity contribution in [2.45, 2.75) is 111 Å². The van der Waals surface area contributed by atoms with Gasteiger partial charge < -0.3 is 30.7 Å². The van der Waals surface area contributed by atoms with Gasteiger partial charge in [0.15, 0.2) is 5.78 Å². The summed E-state index contributed by atoms with van der Waals surface area (Å²) < 4.78 is 12.6. The molecule has 1 saturated heterocycles. The number of nitrogens with zero attached hydrogens (tertiary/aromatic N) is 4. The number of ether oxygens (including phenoxy) is 2. The summed E-state index contributed by atoms with van der Waals surface area (Å²) in [6, 6.07) is 15.9. The number of Topliss-reactive ketones (excluding diaryl/α,β-unsaturated/α-hetero) is 1. The van der Waals surface area contributed by atoms with E-state index in [1.165, 1.54) is 4.90 Å². The second kappa shape index (κ2) is 26.2. The average molecular weight is 899 g/mol. The molecule has 0 bridgehead atoms.